The highest BCUT2D eigenvalue weighted by Crippen LogP contribution is 2.12. The summed E-state index contributed by atoms with van der Waals surface area (Å²) in [4.78, 5) is 20.9. The molecule has 1 rings (SSSR count). The number of hydrogen-bond acceptors (Lipinski definition) is 4. The molecule has 0 bridgehead atoms. The van der Waals surface area contributed by atoms with Crippen molar-refractivity contribution in [1.29, 1.82) is 0 Å². The first kappa shape index (κ1) is 11.6. The number of anilines is 1. The second-order valence-electron chi connectivity index (χ2n) is 3.48. The van der Waals surface area contributed by atoms with Gasteiger partial charge < -0.3 is 4.90 Å². The van der Waals surface area contributed by atoms with Crippen molar-refractivity contribution in [3.05, 3.63) is 18.0 Å². The molecule has 15 heavy (non-hydrogen) atoms. The fraction of sp³-hybridized carbons (Fsp3) is 0.545. The number of aldehydes is 1. The average Bonchev–Trinajstić information content (AvgIpc) is 2.30. The molecule has 1 atom stereocenters. The minimum absolute atomic E-state index is 0.414. The largest absolute Gasteiger partial charge is 0.338 e. The van der Waals surface area contributed by atoms with Crippen LogP contribution >= 0.6 is 0 Å². The van der Waals surface area contributed by atoms with E-state index >= 15 is 0 Å². The molecule has 0 saturated carbocycles. The Balaban J connectivity index is 2.87. The van der Waals surface area contributed by atoms with Gasteiger partial charge in [-0.25, -0.2) is 9.97 Å². The van der Waals surface area contributed by atoms with E-state index in [1.807, 2.05) is 0 Å². The Kier molecular flexibility index (Phi) is 4.21. The van der Waals surface area contributed by atoms with E-state index in [0.717, 1.165) is 19.3 Å². The molecule has 0 aliphatic rings. The second kappa shape index (κ2) is 5.44. The molecule has 82 valence electrons. The first-order valence-electron chi connectivity index (χ1n) is 5.26. The summed E-state index contributed by atoms with van der Waals surface area (Å²) in [7, 11) is 0. The van der Waals surface area contributed by atoms with Gasteiger partial charge in [0.1, 0.15) is 0 Å². The van der Waals surface area contributed by atoms with E-state index in [0.29, 0.717) is 17.6 Å². The molecule has 1 aromatic rings. The van der Waals surface area contributed by atoms with Gasteiger partial charge in [0.2, 0.25) is 5.95 Å². The van der Waals surface area contributed by atoms with Gasteiger partial charge in [-0.1, -0.05) is 6.92 Å². The van der Waals surface area contributed by atoms with E-state index in [1.54, 1.807) is 12.4 Å². The van der Waals surface area contributed by atoms with Crippen molar-refractivity contribution in [3.63, 3.8) is 0 Å². The lowest BCUT2D eigenvalue weighted by atomic mass is 10.2. The Hall–Kier alpha value is -1.45. The Labute approximate surface area is 90.3 Å². The van der Waals surface area contributed by atoms with Gasteiger partial charge in [0.05, 0.1) is 5.56 Å². The zero-order valence-electron chi connectivity index (χ0n) is 9.47. The average molecular weight is 207 g/mol. The summed E-state index contributed by atoms with van der Waals surface area (Å²) in [5.74, 6) is 0.692. The van der Waals surface area contributed by atoms with Gasteiger partial charge in [0.15, 0.2) is 6.29 Å². The number of carbonyl (C=O) groups excluding carboxylic acids is 1. The molecule has 0 aromatic carbocycles. The zero-order valence-corrected chi connectivity index (χ0v) is 9.47. The topological polar surface area (TPSA) is 46.1 Å². The van der Waals surface area contributed by atoms with E-state index in [1.165, 1.54) is 0 Å². The Morgan fingerprint density at radius 2 is 2.00 bits per heavy atom. The minimum Gasteiger partial charge on any atom is -0.338 e. The molecule has 0 radical (unpaired) electrons. The molecule has 1 heterocycles. The minimum atomic E-state index is 0.414. The second-order valence-corrected chi connectivity index (χ2v) is 3.48. The Bertz CT molecular complexity index is 310. The van der Waals surface area contributed by atoms with E-state index < -0.39 is 0 Å². The van der Waals surface area contributed by atoms with Crippen molar-refractivity contribution < 1.29 is 4.79 Å². The van der Waals surface area contributed by atoms with Crippen LogP contribution in [0.15, 0.2) is 12.4 Å². The number of rotatable bonds is 5. The van der Waals surface area contributed by atoms with Gasteiger partial charge in [-0.2, -0.15) is 0 Å². The molecule has 1 unspecified atom stereocenters. The first-order valence-corrected chi connectivity index (χ1v) is 5.26. The SMILES string of the molecule is CCC(C)N(CC)c1ncc(C=O)cn1. The maximum Gasteiger partial charge on any atom is 0.225 e. The molecule has 0 spiro atoms. The third-order valence-electron chi connectivity index (χ3n) is 2.51. The van der Waals surface area contributed by atoms with Crippen molar-refractivity contribution in [2.75, 3.05) is 11.4 Å². The van der Waals surface area contributed by atoms with Gasteiger partial charge in [0, 0.05) is 25.0 Å². The van der Waals surface area contributed by atoms with Gasteiger partial charge in [-0.15, -0.1) is 0 Å². The lowest BCUT2D eigenvalue weighted by molar-refractivity contribution is 0.112. The number of hydrogen-bond donors (Lipinski definition) is 0. The quantitative estimate of drug-likeness (QED) is 0.692. The number of aromatic nitrogens is 2. The molecule has 0 N–H and O–H groups in total. The third kappa shape index (κ3) is 2.75. The van der Waals surface area contributed by atoms with Crippen LogP contribution in [0.25, 0.3) is 0 Å². The van der Waals surface area contributed by atoms with Crippen LogP contribution in [0.2, 0.25) is 0 Å². The predicted molar refractivity (Wildman–Crippen MR) is 60.2 cm³/mol. The van der Waals surface area contributed by atoms with E-state index in [2.05, 4.69) is 35.6 Å². The highest BCUT2D eigenvalue weighted by atomic mass is 16.1. The summed E-state index contributed by atoms with van der Waals surface area (Å²) in [6, 6.07) is 0.414. The summed E-state index contributed by atoms with van der Waals surface area (Å²) in [6.45, 7) is 7.21. The maximum atomic E-state index is 10.5. The van der Waals surface area contributed by atoms with Crippen molar-refractivity contribution in [1.82, 2.24) is 9.97 Å². The molecule has 0 amide bonds. The smallest absolute Gasteiger partial charge is 0.225 e. The normalized spacial score (nSPS) is 12.2. The summed E-state index contributed by atoms with van der Waals surface area (Å²) in [6.07, 6.45) is 4.91. The third-order valence-corrected chi connectivity index (χ3v) is 2.51. The molecular weight excluding hydrogens is 190 g/mol. The van der Waals surface area contributed by atoms with Crippen LogP contribution in [0, 0.1) is 0 Å². The van der Waals surface area contributed by atoms with Crippen LogP contribution < -0.4 is 4.90 Å². The van der Waals surface area contributed by atoms with Crippen molar-refractivity contribution in [2.45, 2.75) is 33.2 Å². The Morgan fingerprint density at radius 3 is 2.40 bits per heavy atom. The van der Waals surface area contributed by atoms with Crippen LogP contribution in [0.3, 0.4) is 0 Å². The van der Waals surface area contributed by atoms with Gasteiger partial charge in [-0.3, -0.25) is 4.79 Å². The highest BCUT2D eigenvalue weighted by molar-refractivity contribution is 5.73. The molecule has 4 nitrogen and oxygen atoms in total. The molecule has 1 aromatic heterocycles. The van der Waals surface area contributed by atoms with Crippen LogP contribution in [-0.2, 0) is 0 Å². The fourth-order valence-corrected chi connectivity index (χ4v) is 1.41. The standard InChI is InChI=1S/C11H17N3O/c1-4-9(3)14(5-2)11-12-6-10(8-15)7-13-11/h6-9H,4-5H2,1-3H3. The van der Waals surface area contributed by atoms with Crippen LogP contribution in [-0.4, -0.2) is 28.8 Å². The van der Waals surface area contributed by atoms with Crippen molar-refractivity contribution in [3.8, 4) is 0 Å². The van der Waals surface area contributed by atoms with E-state index in [-0.39, 0.29) is 0 Å². The monoisotopic (exact) mass is 207 g/mol. The zero-order chi connectivity index (χ0) is 11.3. The predicted octanol–water partition coefficient (Wildman–Crippen LogP) is 1.91. The molecular formula is C11H17N3O. The molecule has 0 saturated heterocycles. The van der Waals surface area contributed by atoms with Gasteiger partial charge in [0.25, 0.3) is 0 Å². The van der Waals surface area contributed by atoms with Crippen LogP contribution in [0.4, 0.5) is 5.95 Å². The lowest BCUT2D eigenvalue weighted by Gasteiger charge is -2.26. The maximum absolute atomic E-state index is 10.5. The molecule has 0 aliphatic heterocycles. The Morgan fingerprint density at radius 1 is 1.40 bits per heavy atom. The lowest BCUT2D eigenvalue weighted by Crippen LogP contribution is -2.33. The first-order chi connectivity index (χ1) is 7.22. The van der Waals surface area contributed by atoms with Crippen molar-refractivity contribution in [2.24, 2.45) is 0 Å². The van der Waals surface area contributed by atoms with Crippen molar-refractivity contribution >= 4 is 12.2 Å². The van der Waals surface area contributed by atoms with Gasteiger partial charge in [-0.05, 0) is 20.3 Å². The highest BCUT2D eigenvalue weighted by Gasteiger charge is 2.12. The van der Waals surface area contributed by atoms with Crippen LogP contribution in [0.1, 0.15) is 37.6 Å². The van der Waals surface area contributed by atoms with E-state index in [4.69, 9.17) is 0 Å². The summed E-state index contributed by atoms with van der Waals surface area (Å²) in [5, 5.41) is 0. The number of carbonyl (C=O) groups is 1. The van der Waals surface area contributed by atoms with Gasteiger partial charge >= 0.3 is 0 Å². The van der Waals surface area contributed by atoms with E-state index in [9.17, 15) is 4.79 Å². The molecule has 0 aliphatic carbocycles. The molecule has 0 fully saturated rings. The van der Waals surface area contributed by atoms with Crippen LogP contribution in [0.5, 0.6) is 0 Å². The fourth-order valence-electron chi connectivity index (χ4n) is 1.41. The summed E-state index contributed by atoms with van der Waals surface area (Å²) < 4.78 is 0. The number of nitrogens with zero attached hydrogens (tertiary/aromatic N) is 3. The molecule has 4 heteroatoms. The summed E-state index contributed by atoms with van der Waals surface area (Å²) >= 11 is 0. The summed E-state index contributed by atoms with van der Waals surface area (Å²) in [5.41, 5.74) is 0.513.